The molecule has 4 heteroatoms. The third-order valence-corrected chi connectivity index (χ3v) is 2.96. The number of aromatic carboxylic acids is 1. The lowest BCUT2D eigenvalue weighted by Gasteiger charge is -2.06. The zero-order valence-corrected chi connectivity index (χ0v) is 10.2. The molecule has 0 aromatic heterocycles. The Hall–Kier alpha value is -1.84. The normalized spacial score (nSPS) is 10.3. The average molecular weight is 263 g/mol. The average Bonchev–Trinajstić information content (AvgIpc) is 2.38. The van der Waals surface area contributed by atoms with Crippen LogP contribution < -0.4 is 0 Å². The summed E-state index contributed by atoms with van der Waals surface area (Å²) in [5, 5.41) is 18.2. The van der Waals surface area contributed by atoms with Gasteiger partial charge in [-0.05, 0) is 34.9 Å². The number of carboxylic acid groups (broad SMARTS) is 1. The molecule has 2 aromatic rings. The van der Waals surface area contributed by atoms with E-state index < -0.39 is 5.97 Å². The number of benzene rings is 2. The minimum absolute atomic E-state index is 0.0330. The smallest absolute Gasteiger partial charge is 0.337 e. The highest BCUT2D eigenvalue weighted by molar-refractivity contribution is 6.33. The fourth-order valence-corrected chi connectivity index (χ4v) is 1.98. The van der Waals surface area contributed by atoms with Gasteiger partial charge in [-0.3, -0.25) is 0 Å². The largest absolute Gasteiger partial charge is 0.478 e. The summed E-state index contributed by atoms with van der Waals surface area (Å²) in [6, 6.07) is 12.2. The van der Waals surface area contributed by atoms with E-state index in [-0.39, 0.29) is 17.2 Å². The van der Waals surface area contributed by atoms with E-state index in [2.05, 4.69) is 0 Å². The van der Waals surface area contributed by atoms with Gasteiger partial charge in [-0.15, -0.1) is 0 Å². The van der Waals surface area contributed by atoms with Crippen molar-refractivity contribution in [3.05, 3.63) is 58.6 Å². The highest BCUT2D eigenvalue weighted by Gasteiger charge is 2.09. The van der Waals surface area contributed by atoms with Crippen molar-refractivity contribution in [3.8, 4) is 11.1 Å². The minimum Gasteiger partial charge on any atom is -0.478 e. The second-order valence-corrected chi connectivity index (χ2v) is 4.27. The lowest BCUT2D eigenvalue weighted by molar-refractivity contribution is 0.0697. The molecule has 0 aliphatic carbocycles. The first-order chi connectivity index (χ1) is 8.61. The Kier molecular flexibility index (Phi) is 3.65. The second kappa shape index (κ2) is 5.21. The first kappa shape index (κ1) is 12.6. The molecule has 0 aliphatic heterocycles. The molecule has 0 unspecified atom stereocenters. The summed E-state index contributed by atoms with van der Waals surface area (Å²) < 4.78 is 0. The highest BCUT2D eigenvalue weighted by Crippen LogP contribution is 2.26. The summed E-state index contributed by atoms with van der Waals surface area (Å²) >= 11 is 5.92. The SMILES string of the molecule is O=C(O)c1ccc(-c2cccc(CO)c2)cc1Cl. The van der Waals surface area contributed by atoms with Gasteiger partial charge < -0.3 is 10.2 Å². The maximum atomic E-state index is 10.9. The van der Waals surface area contributed by atoms with Gasteiger partial charge >= 0.3 is 5.97 Å². The first-order valence-corrected chi connectivity index (χ1v) is 5.72. The lowest BCUT2D eigenvalue weighted by Crippen LogP contribution is -1.97. The van der Waals surface area contributed by atoms with Gasteiger partial charge in [0.1, 0.15) is 0 Å². The maximum Gasteiger partial charge on any atom is 0.337 e. The monoisotopic (exact) mass is 262 g/mol. The number of carboxylic acids is 1. The van der Waals surface area contributed by atoms with Crippen LogP contribution in [-0.4, -0.2) is 16.2 Å². The summed E-state index contributed by atoms with van der Waals surface area (Å²) in [7, 11) is 0. The van der Waals surface area contributed by atoms with Gasteiger partial charge in [-0.1, -0.05) is 35.9 Å². The van der Waals surface area contributed by atoms with E-state index in [9.17, 15) is 4.79 Å². The first-order valence-electron chi connectivity index (χ1n) is 5.35. The molecule has 0 spiro atoms. The highest BCUT2D eigenvalue weighted by atomic mass is 35.5. The van der Waals surface area contributed by atoms with Gasteiger partial charge in [-0.25, -0.2) is 4.79 Å². The number of aliphatic hydroxyl groups is 1. The van der Waals surface area contributed by atoms with Gasteiger partial charge in [-0.2, -0.15) is 0 Å². The van der Waals surface area contributed by atoms with Crippen molar-refractivity contribution in [2.75, 3.05) is 0 Å². The van der Waals surface area contributed by atoms with Crippen molar-refractivity contribution < 1.29 is 15.0 Å². The topological polar surface area (TPSA) is 57.5 Å². The van der Waals surface area contributed by atoms with Crippen LogP contribution in [0.1, 0.15) is 15.9 Å². The van der Waals surface area contributed by atoms with Crippen molar-refractivity contribution in [1.29, 1.82) is 0 Å². The third kappa shape index (κ3) is 2.53. The van der Waals surface area contributed by atoms with Crippen molar-refractivity contribution in [1.82, 2.24) is 0 Å². The second-order valence-electron chi connectivity index (χ2n) is 3.86. The molecule has 0 aliphatic rings. The third-order valence-electron chi connectivity index (χ3n) is 2.64. The predicted octanol–water partition coefficient (Wildman–Crippen LogP) is 3.20. The number of hydrogen-bond acceptors (Lipinski definition) is 2. The van der Waals surface area contributed by atoms with E-state index in [1.165, 1.54) is 6.07 Å². The van der Waals surface area contributed by atoms with E-state index >= 15 is 0 Å². The Balaban J connectivity index is 2.45. The molecule has 0 atom stereocenters. The molecule has 0 fully saturated rings. The molecule has 18 heavy (non-hydrogen) atoms. The Morgan fingerprint density at radius 3 is 2.44 bits per heavy atom. The zero-order chi connectivity index (χ0) is 13.1. The Bertz CT molecular complexity index is 593. The fourth-order valence-electron chi connectivity index (χ4n) is 1.72. The number of hydrogen-bond donors (Lipinski definition) is 2. The molecule has 2 rings (SSSR count). The summed E-state index contributed by atoms with van der Waals surface area (Å²) in [5.41, 5.74) is 2.59. The quantitative estimate of drug-likeness (QED) is 0.893. The van der Waals surface area contributed by atoms with Crippen LogP contribution in [0, 0.1) is 0 Å². The van der Waals surface area contributed by atoms with E-state index in [1.54, 1.807) is 12.1 Å². The van der Waals surface area contributed by atoms with Crippen LogP contribution in [0.15, 0.2) is 42.5 Å². The number of carbonyl (C=O) groups is 1. The van der Waals surface area contributed by atoms with Crippen LogP contribution in [0.4, 0.5) is 0 Å². The molecule has 92 valence electrons. The van der Waals surface area contributed by atoms with Crippen LogP contribution >= 0.6 is 11.6 Å². The van der Waals surface area contributed by atoms with Gasteiger partial charge in [0.2, 0.25) is 0 Å². The maximum absolute atomic E-state index is 10.9. The van der Waals surface area contributed by atoms with Crippen LogP contribution in [0.2, 0.25) is 5.02 Å². The molecule has 0 saturated carbocycles. The molecule has 3 nitrogen and oxygen atoms in total. The van der Waals surface area contributed by atoms with Crippen LogP contribution in [0.25, 0.3) is 11.1 Å². The molecule has 0 saturated heterocycles. The summed E-state index contributed by atoms with van der Waals surface area (Å²) in [6.07, 6.45) is 0. The van der Waals surface area contributed by atoms with Crippen molar-refractivity contribution >= 4 is 17.6 Å². The molecular formula is C14H11ClO3. The zero-order valence-electron chi connectivity index (χ0n) is 9.43. The van der Waals surface area contributed by atoms with Gasteiger partial charge in [0.05, 0.1) is 17.2 Å². The van der Waals surface area contributed by atoms with Gasteiger partial charge in [0.15, 0.2) is 0 Å². The number of halogens is 1. The Morgan fingerprint density at radius 2 is 1.83 bits per heavy atom. The Morgan fingerprint density at radius 1 is 1.11 bits per heavy atom. The lowest BCUT2D eigenvalue weighted by atomic mass is 10.0. The fraction of sp³-hybridized carbons (Fsp3) is 0.0714. The van der Waals surface area contributed by atoms with Crippen molar-refractivity contribution in [2.45, 2.75) is 6.61 Å². The molecule has 0 radical (unpaired) electrons. The standard InChI is InChI=1S/C14H11ClO3/c15-13-7-11(4-5-12(13)14(17)18)10-3-1-2-9(6-10)8-16/h1-7,16H,8H2,(H,17,18). The van der Waals surface area contributed by atoms with Crippen molar-refractivity contribution in [2.24, 2.45) is 0 Å². The van der Waals surface area contributed by atoms with Crippen LogP contribution in [-0.2, 0) is 6.61 Å². The molecule has 2 aromatic carbocycles. The summed E-state index contributed by atoms with van der Waals surface area (Å²) in [4.78, 5) is 10.9. The Labute approximate surface area is 109 Å². The predicted molar refractivity (Wildman–Crippen MR) is 69.8 cm³/mol. The van der Waals surface area contributed by atoms with Crippen LogP contribution in [0.3, 0.4) is 0 Å². The molecule has 0 amide bonds. The van der Waals surface area contributed by atoms with E-state index in [1.807, 2.05) is 24.3 Å². The minimum atomic E-state index is -1.05. The van der Waals surface area contributed by atoms with Gasteiger partial charge in [0, 0.05) is 0 Å². The van der Waals surface area contributed by atoms with E-state index in [0.29, 0.717) is 0 Å². The molecular weight excluding hydrogens is 252 g/mol. The van der Waals surface area contributed by atoms with E-state index in [4.69, 9.17) is 21.8 Å². The summed E-state index contributed by atoms with van der Waals surface area (Å²) in [6.45, 7) is -0.0330. The number of rotatable bonds is 3. The molecule has 0 bridgehead atoms. The number of aliphatic hydroxyl groups excluding tert-OH is 1. The van der Waals surface area contributed by atoms with Gasteiger partial charge in [0.25, 0.3) is 0 Å². The van der Waals surface area contributed by atoms with Crippen molar-refractivity contribution in [3.63, 3.8) is 0 Å². The summed E-state index contributed by atoms with van der Waals surface area (Å²) in [5.74, 6) is -1.05. The molecule has 0 heterocycles. The van der Waals surface area contributed by atoms with Crippen LogP contribution in [0.5, 0.6) is 0 Å². The molecule has 2 N–H and O–H groups in total. The van der Waals surface area contributed by atoms with E-state index in [0.717, 1.165) is 16.7 Å².